The molecule has 2 rings (SSSR count). The Bertz CT molecular complexity index is 401. The maximum Gasteiger partial charge on any atom is 0.252 e. The van der Waals surface area contributed by atoms with Crippen LogP contribution in [-0.4, -0.2) is 16.6 Å². The van der Waals surface area contributed by atoms with Crippen molar-refractivity contribution >= 4 is 11.6 Å². The van der Waals surface area contributed by atoms with Gasteiger partial charge in [0.05, 0.1) is 18.0 Å². The van der Waals surface area contributed by atoms with Gasteiger partial charge in [0.1, 0.15) is 0 Å². The lowest BCUT2D eigenvalue weighted by atomic mass is 10.0. The summed E-state index contributed by atoms with van der Waals surface area (Å²) in [6, 6.07) is 0. The van der Waals surface area contributed by atoms with Gasteiger partial charge in [-0.25, -0.2) is 9.97 Å². The van der Waals surface area contributed by atoms with E-state index in [2.05, 4.69) is 9.97 Å². The van der Waals surface area contributed by atoms with Gasteiger partial charge in [-0.05, 0) is 32.6 Å². The Morgan fingerprint density at radius 3 is 2.33 bits per heavy atom. The molecule has 1 aliphatic rings. The smallest absolute Gasteiger partial charge is 0.252 e. The van der Waals surface area contributed by atoms with E-state index in [1.807, 2.05) is 13.8 Å². The third-order valence-electron chi connectivity index (χ3n) is 3.67. The molecule has 0 radical (unpaired) electrons. The number of hydrogen-bond acceptors (Lipinski definition) is 3. The van der Waals surface area contributed by atoms with Crippen LogP contribution in [0.4, 0.5) is 0 Å². The van der Waals surface area contributed by atoms with Crippen molar-refractivity contribution in [2.75, 3.05) is 6.61 Å². The van der Waals surface area contributed by atoms with Gasteiger partial charge in [0.15, 0.2) is 5.15 Å². The van der Waals surface area contributed by atoms with Crippen molar-refractivity contribution in [3.63, 3.8) is 0 Å². The number of aryl methyl sites for hydroxylation is 2. The summed E-state index contributed by atoms with van der Waals surface area (Å²) >= 11 is 6.05. The first kappa shape index (κ1) is 13.6. The lowest BCUT2D eigenvalue weighted by Crippen LogP contribution is -2.13. The molecule has 0 saturated heterocycles. The van der Waals surface area contributed by atoms with Crippen LogP contribution in [0.5, 0.6) is 5.88 Å². The van der Waals surface area contributed by atoms with Crippen LogP contribution >= 0.6 is 11.6 Å². The van der Waals surface area contributed by atoms with E-state index in [1.165, 1.54) is 38.5 Å². The highest BCUT2D eigenvalue weighted by Crippen LogP contribution is 2.26. The molecule has 0 N–H and O–H groups in total. The molecule has 18 heavy (non-hydrogen) atoms. The molecule has 3 nitrogen and oxygen atoms in total. The molecule has 0 aliphatic heterocycles. The van der Waals surface area contributed by atoms with Gasteiger partial charge < -0.3 is 4.74 Å². The Labute approximate surface area is 114 Å². The quantitative estimate of drug-likeness (QED) is 0.775. The summed E-state index contributed by atoms with van der Waals surface area (Å²) in [5.41, 5.74) is 1.75. The third kappa shape index (κ3) is 3.58. The molecule has 1 heterocycles. The first-order chi connectivity index (χ1) is 8.66. The predicted octanol–water partition coefficient (Wildman–Crippen LogP) is 4.10. The number of halogens is 1. The topological polar surface area (TPSA) is 35.0 Å². The molecule has 4 heteroatoms. The van der Waals surface area contributed by atoms with Crippen LogP contribution in [0, 0.1) is 19.8 Å². The van der Waals surface area contributed by atoms with Gasteiger partial charge in [-0.15, -0.1) is 0 Å². The van der Waals surface area contributed by atoms with E-state index in [9.17, 15) is 0 Å². The number of hydrogen-bond donors (Lipinski definition) is 0. The van der Waals surface area contributed by atoms with Crippen LogP contribution in [-0.2, 0) is 0 Å². The second kappa shape index (κ2) is 6.37. The van der Waals surface area contributed by atoms with Crippen molar-refractivity contribution in [2.45, 2.75) is 52.4 Å². The van der Waals surface area contributed by atoms with E-state index < -0.39 is 0 Å². The van der Waals surface area contributed by atoms with Gasteiger partial charge in [0.25, 0.3) is 5.88 Å². The zero-order valence-electron chi connectivity index (χ0n) is 11.2. The molecule has 0 spiro atoms. The van der Waals surface area contributed by atoms with Crippen molar-refractivity contribution in [1.82, 2.24) is 9.97 Å². The van der Waals surface area contributed by atoms with Crippen LogP contribution in [0.2, 0.25) is 5.15 Å². The summed E-state index contributed by atoms with van der Waals surface area (Å²) in [5.74, 6) is 1.14. The lowest BCUT2D eigenvalue weighted by molar-refractivity contribution is 0.225. The highest BCUT2D eigenvalue weighted by Gasteiger charge is 2.15. The maximum absolute atomic E-state index is 6.05. The molecule has 1 aromatic heterocycles. The SMILES string of the molecule is Cc1nc(Cl)c(OCC2CCCCCC2)nc1C. The minimum atomic E-state index is 0.381. The number of aromatic nitrogens is 2. The first-order valence-electron chi connectivity index (χ1n) is 6.80. The second-order valence-electron chi connectivity index (χ2n) is 5.16. The lowest BCUT2D eigenvalue weighted by Gasteiger charge is -2.15. The summed E-state index contributed by atoms with van der Waals surface area (Å²) in [5, 5.41) is 0.381. The zero-order chi connectivity index (χ0) is 13.0. The summed E-state index contributed by atoms with van der Waals surface area (Å²) in [7, 11) is 0. The van der Waals surface area contributed by atoms with Gasteiger partial charge >= 0.3 is 0 Å². The summed E-state index contributed by atoms with van der Waals surface area (Å²) < 4.78 is 5.76. The van der Waals surface area contributed by atoms with Crippen molar-refractivity contribution in [3.05, 3.63) is 16.5 Å². The molecule has 0 aromatic carbocycles. The normalized spacial score (nSPS) is 17.5. The number of rotatable bonds is 3. The Kier molecular flexibility index (Phi) is 4.81. The van der Waals surface area contributed by atoms with Gasteiger partial charge in [-0.2, -0.15) is 0 Å². The Balaban J connectivity index is 1.94. The predicted molar refractivity (Wildman–Crippen MR) is 73.2 cm³/mol. The molecular weight excluding hydrogens is 248 g/mol. The van der Waals surface area contributed by atoms with Crippen LogP contribution in [0.1, 0.15) is 49.9 Å². The minimum Gasteiger partial charge on any atom is -0.475 e. The molecular formula is C14H21ClN2O. The summed E-state index contributed by atoms with van der Waals surface area (Å²) in [6.45, 7) is 4.55. The van der Waals surface area contributed by atoms with Gasteiger partial charge in [-0.1, -0.05) is 37.3 Å². The van der Waals surface area contributed by atoms with Crippen LogP contribution < -0.4 is 4.74 Å². The molecule has 0 atom stereocenters. The van der Waals surface area contributed by atoms with Crippen molar-refractivity contribution in [2.24, 2.45) is 5.92 Å². The van der Waals surface area contributed by atoms with Gasteiger partial charge in [-0.3, -0.25) is 0 Å². The van der Waals surface area contributed by atoms with Gasteiger partial charge in [0.2, 0.25) is 0 Å². The van der Waals surface area contributed by atoms with Crippen molar-refractivity contribution in [3.8, 4) is 5.88 Å². The van der Waals surface area contributed by atoms with Crippen LogP contribution in [0.25, 0.3) is 0 Å². The molecule has 1 aliphatic carbocycles. The monoisotopic (exact) mass is 268 g/mol. The molecule has 0 bridgehead atoms. The van der Waals surface area contributed by atoms with Crippen molar-refractivity contribution in [1.29, 1.82) is 0 Å². The van der Waals surface area contributed by atoms with E-state index in [-0.39, 0.29) is 0 Å². The van der Waals surface area contributed by atoms with E-state index in [0.29, 0.717) is 17.0 Å². The van der Waals surface area contributed by atoms with E-state index >= 15 is 0 Å². The van der Waals surface area contributed by atoms with Gasteiger partial charge in [0, 0.05) is 0 Å². The molecule has 100 valence electrons. The second-order valence-corrected chi connectivity index (χ2v) is 5.52. The van der Waals surface area contributed by atoms with E-state index in [0.717, 1.165) is 18.0 Å². The summed E-state index contributed by atoms with van der Waals surface area (Å²) in [6.07, 6.45) is 7.88. The summed E-state index contributed by atoms with van der Waals surface area (Å²) in [4.78, 5) is 8.60. The molecule has 1 fully saturated rings. The Hall–Kier alpha value is -0.830. The van der Waals surface area contributed by atoms with E-state index in [4.69, 9.17) is 16.3 Å². The average Bonchev–Trinajstić information content (AvgIpc) is 2.60. The standard InChI is InChI=1S/C14H21ClN2O/c1-10-11(2)17-14(13(15)16-10)18-9-12-7-5-3-4-6-8-12/h12H,3-9H2,1-2H3. The van der Waals surface area contributed by atoms with Crippen molar-refractivity contribution < 1.29 is 4.74 Å². The third-order valence-corrected chi connectivity index (χ3v) is 3.91. The number of nitrogens with zero attached hydrogens (tertiary/aromatic N) is 2. The highest BCUT2D eigenvalue weighted by atomic mass is 35.5. The molecule has 1 saturated carbocycles. The zero-order valence-corrected chi connectivity index (χ0v) is 12.0. The fourth-order valence-electron chi connectivity index (χ4n) is 2.37. The molecule has 1 aromatic rings. The van der Waals surface area contributed by atoms with E-state index in [1.54, 1.807) is 0 Å². The van der Waals surface area contributed by atoms with Crippen LogP contribution in [0.3, 0.4) is 0 Å². The average molecular weight is 269 g/mol. The molecule has 0 unspecified atom stereocenters. The Morgan fingerprint density at radius 1 is 1.06 bits per heavy atom. The first-order valence-corrected chi connectivity index (χ1v) is 7.18. The van der Waals surface area contributed by atoms with Crippen LogP contribution in [0.15, 0.2) is 0 Å². The highest BCUT2D eigenvalue weighted by molar-refractivity contribution is 6.30. The minimum absolute atomic E-state index is 0.381. The largest absolute Gasteiger partial charge is 0.475 e. The fraction of sp³-hybridized carbons (Fsp3) is 0.714. The maximum atomic E-state index is 6.05. The fourth-order valence-corrected chi connectivity index (χ4v) is 2.60. The number of ether oxygens (including phenoxy) is 1. The molecule has 0 amide bonds. The Morgan fingerprint density at radius 2 is 1.67 bits per heavy atom.